The normalized spacial score (nSPS) is 12.0. The van der Waals surface area contributed by atoms with Crippen LogP contribution in [0.1, 0.15) is 18.2 Å². The SMILES string of the molecule is Cc1cccc(-c2nnc(S[C@H](C)C#N)n2Cc2ccco2)c1. The number of hydrogen-bond donors (Lipinski definition) is 0. The fraction of sp³-hybridized carbons (Fsp3) is 0.235. The second kappa shape index (κ2) is 6.71. The summed E-state index contributed by atoms with van der Waals surface area (Å²) in [5.41, 5.74) is 2.16. The van der Waals surface area contributed by atoms with E-state index in [-0.39, 0.29) is 5.25 Å². The highest BCUT2D eigenvalue weighted by atomic mass is 32.2. The second-order valence-electron chi connectivity index (χ2n) is 5.23. The third-order valence-corrected chi connectivity index (χ3v) is 4.32. The maximum absolute atomic E-state index is 9.06. The fourth-order valence-electron chi connectivity index (χ4n) is 2.26. The van der Waals surface area contributed by atoms with Gasteiger partial charge in [0.1, 0.15) is 5.76 Å². The Morgan fingerprint density at radius 2 is 2.17 bits per heavy atom. The van der Waals surface area contributed by atoms with Gasteiger partial charge >= 0.3 is 0 Å². The van der Waals surface area contributed by atoms with E-state index in [0.717, 1.165) is 22.7 Å². The average Bonchev–Trinajstić information content (AvgIpc) is 3.18. The minimum Gasteiger partial charge on any atom is -0.467 e. The number of hydrogen-bond acceptors (Lipinski definition) is 5. The van der Waals surface area contributed by atoms with E-state index in [1.165, 1.54) is 11.8 Å². The lowest BCUT2D eigenvalue weighted by atomic mass is 10.1. The van der Waals surface area contributed by atoms with E-state index >= 15 is 0 Å². The lowest BCUT2D eigenvalue weighted by Crippen LogP contribution is -2.05. The Bertz CT molecular complexity index is 833. The maximum Gasteiger partial charge on any atom is 0.193 e. The molecule has 0 aliphatic carbocycles. The van der Waals surface area contributed by atoms with Crippen molar-refractivity contribution in [2.45, 2.75) is 30.8 Å². The Morgan fingerprint density at radius 3 is 2.87 bits per heavy atom. The zero-order valence-corrected chi connectivity index (χ0v) is 13.7. The standard InChI is InChI=1S/C17H16N4OS/c1-12-5-3-6-14(9-12)16-19-20-17(23-13(2)10-18)21(16)11-15-7-4-8-22-15/h3-9,13H,11H2,1-2H3/t13-/m1/s1. The van der Waals surface area contributed by atoms with Gasteiger partial charge in [0.25, 0.3) is 0 Å². The summed E-state index contributed by atoms with van der Waals surface area (Å²) in [6.45, 7) is 4.43. The van der Waals surface area contributed by atoms with Gasteiger partial charge in [0.05, 0.1) is 24.1 Å². The van der Waals surface area contributed by atoms with Gasteiger partial charge in [-0.05, 0) is 32.0 Å². The molecule has 1 atom stereocenters. The molecule has 3 aromatic rings. The third kappa shape index (κ3) is 3.46. The molecule has 3 rings (SSSR count). The molecule has 2 aromatic heterocycles. The number of benzene rings is 1. The first kappa shape index (κ1) is 15.4. The van der Waals surface area contributed by atoms with E-state index in [0.29, 0.717) is 11.7 Å². The van der Waals surface area contributed by atoms with Crippen molar-refractivity contribution in [3.05, 3.63) is 54.0 Å². The maximum atomic E-state index is 9.06. The van der Waals surface area contributed by atoms with Crippen molar-refractivity contribution < 1.29 is 4.42 Å². The molecule has 1 aromatic carbocycles. The van der Waals surface area contributed by atoms with Crippen LogP contribution in [0, 0.1) is 18.3 Å². The van der Waals surface area contributed by atoms with Gasteiger partial charge in [-0.25, -0.2) is 0 Å². The first-order valence-corrected chi connectivity index (χ1v) is 8.14. The minimum absolute atomic E-state index is 0.195. The molecule has 0 N–H and O–H groups in total. The van der Waals surface area contributed by atoms with E-state index in [2.05, 4.69) is 22.3 Å². The highest BCUT2D eigenvalue weighted by molar-refractivity contribution is 8.00. The van der Waals surface area contributed by atoms with E-state index in [9.17, 15) is 0 Å². The molecule has 0 bridgehead atoms. The topological polar surface area (TPSA) is 67.6 Å². The predicted octanol–water partition coefficient (Wildman–Crippen LogP) is 3.90. The van der Waals surface area contributed by atoms with Crippen LogP contribution >= 0.6 is 11.8 Å². The van der Waals surface area contributed by atoms with Gasteiger partial charge in [-0.2, -0.15) is 5.26 Å². The third-order valence-electron chi connectivity index (χ3n) is 3.35. The van der Waals surface area contributed by atoms with Gasteiger partial charge in [0.15, 0.2) is 11.0 Å². The van der Waals surface area contributed by atoms with Crippen LogP contribution in [-0.4, -0.2) is 20.0 Å². The summed E-state index contributed by atoms with van der Waals surface area (Å²) in [5.74, 6) is 1.60. The van der Waals surface area contributed by atoms with Crippen molar-refractivity contribution in [2.24, 2.45) is 0 Å². The van der Waals surface area contributed by atoms with E-state index in [1.54, 1.807) is 6.26 Å². The molecule has 23 heavy (non-hydrogen) atoms. The van der Waals surface area contributed by atoms with Crippen LogP contribution in [0.25, 0.3) is 11.4 Å². The Kier molecular flexibility index (Phi) is 4.49. The summed E-state index contributed by atoms with van der Waals surface area (Å²) in [7, 11) is 0. The highest BCUT2D eigenvalue weighted by Crippen LogP contribution is 2.28. The minimum atomic E-state index is -0.195. The van der Waals surface area contributed by atoms with Gasteiger partial charge in [-0.1, -0.05) is 35.5 Å². The molecular formula is C17H16N4OS. The summed E-state index contributed by atoms with van der Waals surface area (Å²) in [6.07, 6.45) is 1.65. The number of thioether (sulfide) groups is 1. The van der Waals surface area contributed by atoms with Crippen molar-refractivity contribution >= 4 is 11.8 Å². The van der Waals surface area contributed by atoms with Crippen LogP contribution < -0.4 is 0 Å². The van der Waals surface area contributed by atoms with E-state index in [4.69, 9.17) is 9.68 Å². The van der Waals surface area contributed by atoms with E-state index in [1.807, 2.05) is 48.7 Å². The van der Waals surface area contributed by atoms with Crippen molar-refractivity contribution in [2.75, 3.05) is 0 Å². The molecule has 0 amide bonds. The summed E-state index contributed by atoms with van der Waals surface area (Å²) in [4.78, 5) is 0. The molecule has 0 aliphatic rings. The van der Waals surface area contributed by atoms with Crippen LogP contribution in [-0.2, 0) is 6.54 Å². The molecule has 0 fully saturated rings. The predicted molar refractivity (Wildman–Crippen MR) is 88.9 cm³/mol. The molecule has 0 unspecified atom stereocenters. The Hall–Kier alpha value is -2.52. The number of aromatic nitrogens is 3. The summed E-state index contributed by atoms with van der Waals surface area (Å²) < 4.78 is 7.45. The summed E-state index contributed by atoms with van der Waals surface area (Å²) in [5, 5.41) is 18.2. The number of nitriles is 1. The van der Waals surface area contributed by atoms with Gasteiger partial charge in [-0.3, -0.25) is 4.57 Å². The summed E-state index contributed by atoms with van der Waals surface area (Å²) in [6, 6.07) is 14.1. The molecule has 6 heteroatoms. The highest BCUT2D eigenvalue weighted by Gasteiger charge is 2.17. The van der Waals surface area contributed by atoms with Gasteiger partial charge in [0, 0.05) is 5.56 Å². The van der Waals surface area contributed by atoms with Gasteiger partial charge in [-0.15, -0.1) is 10.2 Å². The van der Waals surface area contributed by atoms with Crippen LogP contribution in [0.4, 0.5) is 0 Å². The van der Waals surface area contributed by atoms with E-state index < -0.39 is 0 Å². The number of furan rings is 1. The van der Waals surface area contributed by atoms with Gasteiger partial charge in [0.2, 0.25) is 0 Å². The molecular weight excluding hydrogens is 308 g/mol. The van der Waals surface area contributed by atoms with Gasteiger partial charge < -0.3 is 4.42 Å². The second-order valence-corrected chi connectivity index (χ2v) is 6.54. The van der Waals surface area contributed by atoms with Crippen molar-refractivity contribution in [3.63, 3.8) is 0 Å². The zero-order valence-electron chi connectivity index (χ0n) is 12.9. The molecule has 5 nitrogen and oxygen atoms in total. The molecule has 0 saturated carbocycles. The molecule has 0 spiro atoms. The van der Waals surface area contributed by atoms with Crippen molar-refractivity contribution in [1.82, 2.24) is 14.8 Å². The molecule has 0 saturated heterocycles. The lowest BCUT2D eigenvalue weighted by Gasteiger charge is -2.09. The average molecular weight is 324 g/mol. The Labute approximate surface area is 139 Å². The first-order valence-electron chi connectivity index (χ1n) is 7.26. The monoisotopic (exact) mass is 324 g/mol. The first-order chi connectivity index (χ1) is 11.2. The fourth-order valence-corrected chi connectivity index (χ4v) is 2.99. The molecule has 0 radical (unpaired) electrons. The molecule has 2 heterocycles. The molecule has 116 valence electrons. The Morgan fingerprint density at radius 1 is 1.30 bits per heavy atom. The Balaban J connectivity index is 2.03. The quantitative estimate of drug-likeness (QED) is 0.666. The lowest BCUT2D eigenvalue weighted by molar-refractivity contribution is 0.485. The van der Waals surface area contributed by atoms with Crippen LogP contribution in [0.15, 0.2) is 52.2 Å². The van der Waals surface area contributed by atoms with Crippen LogP contribution in [0.2, 0.25) is 0 Å². The van der Waals surface area contributed by atoms with Crippen molar-refractivity contribution in [1.29, 1.82) is 5.26 Å². The smallest absolute Gasteiger partial charge is 0.193 e. The van der Waals surface area contributed by atoms with Crippen LogP contribution in [0.5, 0.6) is 0 Å². The number of rotatable bonds is 5. The number of aryl methyl sites for hydroxylation is 1. The molecule has 0 aliphatic heterocycles. The van der Waals surface area contributed by atoms with Crippen LogP contribution in [0.3, 0.4) is 0 Å². The number of nitrogens with zero attached hydrogens (tertiary/aromatic N) is 4. The summed E-state index contributed by atoms with van der Waals surface area (Å²) >= 11 is 1.40. The zero-order chi connectivity index (χ0) is 16.2. The largest absolute Gasteiger partial charge is 0.467 e. The van der Waals surface area contributed by atoms with Crippen molar-refractivity contribution in [3.8, 4) is 17.5 Å².